The van der Waals surface area contributed by atoms with E-state index in [-0.39, 0.29) is 0 Å². The van der Waals surface area contributed by atoms with Crippen molar-refractivity contribution in [3.05, 3.63) is 144 Å². The Morgan fingerprint density at radius 3 is 2.09 bits per heavy atom. The number of benzene rings is 5. The lowest BCUT2D eigenvalue weighted by Crippen LogP contribution is -2.19. The van der Waals surface area contributed by atoms with E-state index < -0.39 is 0 Å². The summed E-state index contributed by atoms with van der Waals surface area (Å²) in [6.07, 6.45) is 0. The van der Waals surface area contributed by atoms with E-state index in [0.717, 1.165) is 28.2 Å². The highest BCUT2D eigenvalue weighted by atomic mass is 32.2. The fourth-order valence-corrected chi connectivity index (χ4v) is 6.14. The summed E-state index contributed by atoms with van der Waals surface area (Å²) in [6, 6.07) is 43.5. The van der Waals surface area contributed by atoms with Crippen molar-refractivity contribution in [1.29, 1.82) is 0 Å². The van der Waals surface area contributed by atoms with Crippen LogP contribution in [0.25, 0.3) is 10.9 Å². The van der Waals surface area contributed by atoms with Crippen LogP contribution in [0.3, 0.4) is 0 Å². The zero-order valence-electron chi connectivity index (χ0n) is 24.8. The molecular formula is C37H34N4O2S. The number of rotatable bonds is 12. The molecule has 7 heteroatoms. The van der Waals surface area contributed by atoms with Gasteiger partial charge >= 0.3 is 0 Å². The Labute approximate surface area is 262 Å². The molecule has 6 nitrogen and oxygen atoms in total. The van der Waals surface area contributed by atoms with E-state index in [1.54, 1.807) is 26.0 Å². The summed E-state index contributed by atoms with van der Waals surface area (Å²) in [6.45, 7) is 1.80. The van der Waals surface area contributed by atoms with Crippen molar-refractivity contribution in [3.63, 3.8) is 0 Å². The molecule has 5 aromatic carbocycles. The van der Waals surface area contributed by atoms with E-state index in [1.807, 2.05) is 42.5 Å². The van der Waals surface area contributed by atoms with Crippen molar-refractivity contribution in [3.8, 4) is 5.75 Å². The summed E-state index contributed by atoms with van der Waals surface area (Å²) in [5.41, 5.74) is 5.41. The van der Waals surface area contributed by atoms with E-state index in [4.69, 9.17) is 19.4 Å². The molecule has 0 amide bonds. The number of ether oxygens (including phenoxy) is 2. The topological polar surface area (TPSA) is 59.5 Å². The summed E-state index contributed by atoms with van der Waals surface area (Å²) in [5, 5.41) is 4.52. The molecule has 220 valence electrons. The van der Waals surface area contributed by atoms with Crippen LogP contribution in [0.5, 0.6) is 5.75 Å². The van der Waals surface area contributed by atoms with Gasteiger partial charge in [0.25, 0.3) is 0 Å². The van der Waals surface area contributed by atoms with Gasteiger partial charge in [0.05, 0.1) is 19.2 Å². The standard InChI is InChI=1S/C37H34N4O2S/c1-42-26-29-15-7-11-19-35(29)44-34-18-10-6-14-28(34)24-38-37-39-33-17-9-8-16-32(33)36(40-37)41(25-27-12-4-3-5-13-27)30-20-22-31(43-2)23-21-30/h3-23H,24-26H2,1-2H3,(H,38,39,40). The van der Waals surface area contributed by atoms with E-state index in [0.29, 0.717) is 25.6 Å². The molecule has 0 aliphatic carbocycles. The molecule has 0 bridgehead atoms. The van der Waals surface area contributed by atoms with E-state index in [1.165, 1.54) is 26.5 Å². The van der Waals surface area contributed by atoms with Crippen LogP contribution in [0.15, 0.2) is 137 Å². The Kier molecular flexibility index (Phi) is 9.35. The fraction of sp³-hybridized carbons (Fsp3) is 0.135. The largest absolute Gasteiger partial charge is 0.497 e. The Bertz CT molecular complexity index is 1830. The molecule has 0 atom stereocenters. The molecular weight excluding hydrogens is 565 g/mol. The molecule has 44 heavy (non-hydrogen) atoms. The number of hydrogen-bond acceptors (Lipinski definition) is 7. The number of hydrogen-bond donors (Lipinski definition) is 1. The summed E-state index contributed by atoms with van der Waals surface area (Å²) >= 11 is 1.75. The van der Waals surface area contributed by atoms with E-state index >= 15 is 0 Å². The van der Waals surface area contributed by atoms with Crippen LogP contribution in [0.1, 0.15) is 16.7 Å². The number of nitrogens with zero attached hydrogens (tertiary/aromatic N) is 3. The Morgan fingerprint density at radius 1 is 0.682 bits per heavy atom. The van der Waals surface area contributed by atoms with Crippen LogP contribution < -0.4 is 15.0 Å². The van der Waals surface area contributed by atoms with Gasteiger partial charge < -0.3 is 19.7 Å². The predicted octanol–water partition coefficient (Wildman–Crippen LogP) is 8.89. The molecule has 0 saturated heterocycles. The van der Waals surface area contributed by atoms with Crippen LogP contribution in [-0.4, -0.2) is 24.2 Å². The van der Waals surface area contributed by atoms with Crippen LogP contribution in [-0.2, 0) is 24.4 Å². The monoisotopic (exact) mass is 598 g/mol. The van der Waals surface area contributed by atoms with Gasteiger partial charge in [0.1, 0.15) is 11.6 Å². The van der Waals surface area contributed by atoms with Crippen molar-refractivity contribution in [2.75, 3.05) is 24.4 Å². The number of aromatic nitrogens is 2. The number of anilines is 3. The lowest BCUT2D eigenvalue weighted by Gasteiger charge is -2.26. The first-order chi connectivity index (χ1) is 21.7. The Balaban J connectivity index is 1.34. The minimum Gasteiger partial charge on any atom is -0.497 e. The summed E-state index contributed by atoms with van der Waals surface area (Å²) < 4.78 is 10.9. The van der Waals surface area contributed by atoms with Crippen molar-refractivity contribution < 1.29 is 9.47 Å². The van der Waals surface area contributed by atoms with Crippen molar-refractivity contribution >= 4 is 40.1 Å². The van der Waals surface area contributed by atoms with Crippen LogP contribution >= 0.6 is 11.8 Å². The number of fused-ring (bicyclic) bond motifs is 1. The second kappa shape index (κ2) is 14.1. The summed E-state index contributed by atoms with van der Waals surface area (Å²) in [5.74, 6) is 2.22. The van der Waals surface area contributed by atoms with Crippen molar-refractivity contribution in [2.45, 2.75) is 29.5 Å². The molecule has 0 aliphatic heterocycles. The van der Waals surface area contributed by atoms with Crippen LogP contribution in [0.4, 0.5) is 17.5 Å². The molecule has 1 N–H and O–H groups in total. The van der Waals surface area contributed by atoms with Gasteiger partial charge in [0, 0.05) is 41.1 Å². The van der Waals surface area contributed by atoms with Gasteiger partial charge in [-0.2, -0.15) is 4.98 Å². The molecule has 1 heterocycles. The highest BCUT2D eigenvalue weighted by Gasteiger charge is 2.18. The zero-order valence-corrected chi connectivity index (χ0v) is 25.6. The lowest BCUT2D eigenvalue weighted by atomic mass is 10.1. The maximum Gasteiger partial charge on any atom is 0.225 e. The molecule has 1 aromatic heterocycles. The predicted molar refractivity (Wildman–Crippen MR) is 180 cm³/mol. The second-order valence-corrected chi connectivity index (χ2v) is 11.3. The first-order valence-electron chi connectivity index (χ1n) is 14.5. The summed E-state index contributed by atoms with van der Waals surface area (Å²) in [4.78, 5) is 14.6. The lowest BCUT2D eigenvalue weighted by molar-refractivity contribution is 0.183. The van der Waals surface area contributed by atoms with Gasteiger partial charge in [0.15, 0.2) is 0 Å². The fourth-order valence-electron chi connectivity index (χ4n) is 5.08. The molecule has 0 fully saturated rings. The van der Waals surface area contributed by atoms with E-state index in [2.05, 4.69) is 95.1 Å². The third-order valence-corrected chi connectivity index (χ3v) is 8.54. The minimum atomic E-state index is 0.574. The summed E-state index contributed by atoms with van der Waals surface area (Å²) in [7, 11) is 3.41. The molecule has 6 aromatic rings. The average molecular weight is 599 g/mol. The average Bonchev–Trinajstić information content (AvgIpc) is 3.08. The second-order valence-electron chi connectivity index (χ2n) is 10.3. The molecule has 0 spiro atoms. The van der Waals surface area contributed by atoms with Crippen LogP contribution in [0.2, 0.25) is 0 Å². The Morgan fingerprint density at radius 2 is 1.34 bits per heavy atom. The third kappa shape index (κ3) is 6.86. The zero-order chi connectivity index (χ0) is 30.1. The molecule has 0 unspecified atom stereocenters. The molecule has 0 radical (unpaired) electrons. The SMILES string of the molecule is COCc1ccccc1Sc1ccccc1CNc1nc(N(Cc2ccccc2)c2ccc(OC)cc2)c2ccccc2n1. The normalized spacial score (nSPS) is 11.0. The molecule has 0 aliphatic rings. The molecule has 6 rings (SSSR count). The Hall–Kier alpha value is -4.85. The highest BCUT2D eigenvalue weighted by Crippen LogP contribution is 2.35. The van der Waals surface area contributed by atoms with Crippen molar-refractivity contribution in [2.24, 2.45) is 0 Å². The van der Waals surface area contributed by atoms with Gasteiger partial charge in [-0.05, 0) is 65.2 Å². The maximum atomic E-state index is 5.44. The highest BCUT2D eigenvalue weighted by molar-refractivity contribution is 7.99. The first kappa shape index (κ1) is 29.2. The van der Waals surface area contributed by atoms with Gasteiger partial charge in [0.2, 0.25) is 5.95 Å². The van der Waals surface area contributed by atoms with Crippen molar-refractivity contribution in [1.82, 2.24) is 9.97 Å². The van der Waals surface area contributed by atoms with Gasteiger partial charge in [-0.15, -0.1) is 0 Å². The minimum absolute atomic E-state index is 0.574. The third-order valence-electron chi connectivity index (χ3n) is 7.31. The van der Waals surface area contributed by atoms with Crippen LogP contribution in [0, 0.1) is 0 Å². The number of methoxy groups -OCH3 is 2. The van der Waals surface area contributed by atoms with E-state index in [9.17, 15) is 0 Å². The van der Waals surface area contributed by atoms with Gasteiger partial charge in [-0.1, -0.05) is 90.6 Å². The van der Waals surface area contributed by atoms with Gasteiger partial charge in [-0.3, -0.25) is 0 Å². The number of nitrogens with one attached hydrogen (secondary N) is 1. The first-order valence-corrected chi connectivity index (χ1v) is 15.3. The number of para-hydroxylation sites is 1. The van der Waals surface area contributed by atoms with Gasteiger partial charge in [-0.25, -0.2) is 4.98 Å². The molecule has 0 saturated carbocycles. The quantitative estimate of drug-likeness (QED) is 0.151. The maximum absolute atomic E-state index is 5.44. The smallest absolute Gasteiger partial charge is 0.225 e.